The molecule has 0 fully saturated rings. The van der Waals surface area contributed by atoms with E-state index in [2.05, 4.69) is 20.9 Å². The van der Waals surface area contributed by atoms with Crippen molar-refractivity contribution in [2.24, 2.45) is 0 Å². The van der Waals surface area contributed by atoms with Crippen LogP contribution in [0.25, 0.3) is 0 Å². The summed E-state index contributed by atoms with van der Waals surface area (Å²) in [6.07, 6.45) is 1.70. The number of aryl methyl sites for hydroxylation is 1. The van der Waals surface area contributed by atoms with Gasteiger partial charge in [-0.25, -0.2) is 0 Å². The topological polar surface area (TPSA) is 22.1 Å². The summed E-state index contributed by atoms with van der Waals surface area (Å²) in [5, 5.41) is 1.43. The zero-order valence-corrected chi connectivity index (χ0v) is 11.6. The Morgan fingerprint density at radius 3 is 2.59 bits per heavy atom. The summed E-state index contributed by atoms with van der Waals surface area (Å²) in [7, 11) is 0. The van der Waals surface area contributed by atoms with Crippen molar-refractivity contribution in [3.8, 4) is 11.5 Å². The molecule has 0 saturated carbocycles. The maximum Gasteiger partial charge on any atom is 0.145 e. The smallest absolute Gasteiger partial charge is 0.145 e. The van der Waals surface area contributed by atoms with Gasteiger partial charge in [0.2, 0.25) is 0 Å². The molecule has 4 heteroatoms. The normalized spacial score (nSPS) is 10.3. The van der Waals surface area contributed by atoms with Crippen LogP contribution in [-0.2, 0) is 5.33 Å². The van der Waals surface area contributed by atoms with E-state index in [0.717, 1.165) is 16.6 Å². The third-order valence-corrected chi connectivity index (χ3v) is 3.24. The lowest BCUT2D eigenvalue weighted by Gasteiger charge is -2.07. The number of pyridine rings is 1. The molecule has 0 saturated heterocycles. The fourth-order valence-electron chi connectivity index (χ4n) is 1.35. The molecule has 2 aromatic rings. The third kappa shape index (κ3) is 3.20. The van der Waals surface area contributed by atoms with Gasteiger partial charge in [-0.2, -0.15) is 0 Å². The molecule has 2 rings (SSSR count). The molecule has 0 aliphatic carbocycles. The summed E-state index contributed by atoms with van der Waals surface area (Å²) in [5.74, 6) is 1.42. The number of benzene rings is 1. The Kier molecular flexibility index (Phi) is 4.02. The van der Waals surface area contributed by atoms with Gasteiger partial charge in [0.05, 0.1) is 6.20 Å². The molecule has 0 atom stereocenters. The van der Waals surface area contributed by atoms with Crippen LogP contribution in [-0.4, -0.2) is 4.98 Å². The highest BCUT2D eigenvalue weighted by Gasteiger charge is 2.02. The molecular formula is C13H11BrClNO. The summed E-state index contributed by atoms with van der Waals surface area (Å²) in [6.45, 7) is 1.94. The molecule has 0 N–H and O–H groups in total. The van der Waals surface area contributed by atoms with E-state index in [1.807, 2.05) is 31.2 Å². The molecule has 1 heterocycles. The molecule has 0 unspecified atom stereocenters. The van der Waals surface area contributed by atoms with Crippen LogP contribution >= 0.6 is 27.5 Å². The zero-order chi connectivity index (χ0) is 12.3. The molecule has 0 radical (unpaired) electrons. The van der Waals surface area contributed by atoms with Crippen molar-refractivity contribution in [2.45, 2.75) is 12.3 Å². The number of ether oxygens (including phenoxy) is 1. The van der Waals surface area contributed by atoms with Crippen molar-refractivity contribution < 1.29 is 4.74 Å². The van der Waals surface area contributed by atoms with Gasteiger partial charge in [0.25, 0.3) is 0 Å². The Bertz CT molecular complexity index is 513. The largest absolute Gasteiger partial charge is 0.456 e. The van der Waals surface area contributed by atoms with Crippen LogP contribution in [0.4, 0.5) is 0 Å². The predicted molar refractivity (Wildman–Crippen MR) is 73.1 cm³/mol. The first-order chi connectivity index (χ1) is 8.19. The van der Waals surface area contributed by atoms with Crippen molar-refractivity contribution in [1.82, 2.24) is 4.98 Å². The van der Waals surface area contributed by atoms with Crippen molar-refractivity contribution in [3.05, 3.63) is 52.8 Å². The summed E-state index contributed by atoms with van der Waals surface area (Å²) in [5.41, 5.74) is 2.01. The number of rotatable bonds is 3. The number of hydrogen-bond acceptors (Lipinski definition) is 2. The molecule has 0 aliphatic rings. The molecule has 1 aromatic heterocycles. The average molecular weight is 313 g/mol. The maximum atomic E-state index is 6.10. The highest BCUT2D eigenvalue weighted by molar-refractivity contribution is 9.08. The van der Waals surface area contributed by atoms with Crippen molar-refractivity contribution in [3.63, 3.8) is 0 Å². The van der Waals surface area contributed by atoms with E-state index in [-0.39, 0.29) is 0 Å². The molecular weight excluding hydrogens is 302 g/mol. The maximum absolute atomic E-state index is 6.10. The van der Waals surface area contributed by atoms with Crippen LogP contribution in [0.15, 0.2) is 36.5 Å². The molecule has 88 valence electrons. The van der Waals surface area contributed by atoms with Crippen LogP contribution < -0.4 is 4.74 Å². The van der Waals surface area contributed by atoms with Crippen molar-refractivity contribution >= 4 is 27.5 Å². The highest BCUT2D eigenvalue weighted by Crippen LogP contribution is 2.27. The van der Waals surface area contributed by atoms with Gasteiger partial charge in [-0.05, 0) is 36.8 Å². The fraction of sp³-hybridized carbons (Fsp3) is 0.154. The van der Waals surface area contributed by atoms with Crippen LogP contribution in [0.2, 0.25) is 5.02 Å². The van der Waals surface area contributed by atoms with Crippen LogP contribution in [0.3, 0.4) is 0 Å². The summed E-state index contributed by atoms with van der Waals surface area (Å²) in [6, 6.07) is 9.42. The Hall–Kier alpha value is -1.06. The van der Waals surface area contributed by atoms with Gasteiger partial charge in [-0.15, -0.1) is 0 Å². The zero-order valence-electron chi connectivity index (χ0n) is 9.28. The van der Waals surface area contributed by atoms with E-state index >= 15 is 0 Å². The molecule has 0 amide bonds. The molecule has 2 nitrogen and oxygen atoms in total. The Balaban J connectivity index is 2.19. The van der Waals surface area contributed by atoms with E-state index in [1.165, 1.54) is 0 Å². The summed E-state index contributed by atoms with van der Waals surface area (Å²) in [4.78, 5) is 4.17. The number of aromatic nitrogens is 1. The lowest BCUT2D eigenvalue weighted by molar-refractivity contribution is 0.480. The van der Waals surface area contributed by atoms with Gasteiger partial charge in [-0.3, -0.25) is 4.98 Å². The highest BCUT2D eigenvalue weighted by atomic mass is 79.9. The van der Waals surface area contributed by atoms with E-state index in [4.69, 9.17) is 16.3 Å². The number of halogens is 2. The Morgan fingerprint density at radius 2 is 2.00 bits per heavy atom. The first kappa shape index (κ1) is 12.4. The second-order valence-electron chi connectivity index (χ2n) is 3.62. The quantitative estimate of drug-likeness (QED) is 0.764. The minimum atomic E-state index is 0.694. The summed E-state index contributed by atoms with van der Waals surface area (Å²) >= 11 is 9.47. The standard InChI is InChI=1S/C13H11BrClNO/c1-9-2-4-12(8-16-9)17-11-5-3-10(7-14)13(15)6-11/h2-6,8H,7H2,1H3. The van der Waals surface area contributed by atoms with Gasteiger partial charge in [-0.1, -0.05) is 33.6 Å². The Labute approximate surface area is 114 Å². The van der Waals surface area contributed by atoms with Crippen LogP contribution in [0, 0.1) is 6.92 Å². The molecule has 17 heavy (non-hydrogen) atoms. The molecule has 0 bridgehead atoms. The number of nitrogens with zero attached hydrogens (tertiary/aromatic N) is 1. The van der Waals surface area contributed by atoms with Crippen LogP contribution in [0.5, 0.6) is 11.5 Å². The van der Waals surface area contributed by atoms with Crippen LogP contribution in [0.1, 0.15) is 11.3 Å². The monoisotopic (exact) mass is 311 g/mol. The molecule has 0 spiro atoms. The second kappa shape index (κ2) is 5.52. The average Bonchev–Trinajstić information content (AvgIpc) is 2.32. The molecule has 0 aliphatic heterocycles. The number of alkyl halides is 1. The third-order valence-electron chi connectivity index (χ3n) is 2.29. The first-order valence-electron chi connectivity index (χ1n) is 5.14. The minimum absolute atomic E-state index is 0.694. The fourth-order valence-corrected chi connectivity index (χ4v) is 2.24. The second-order valence-corrected chi connectivity index (χ2v) is 4.59. The summed E-state index contributed by atoms with van der Waals surface area (Å²) < 4.78 is 5.65. The lowest BCUT2D eigenvalue weighted by Crippen LogP contribution is -1.88. The van der Waals surface area contributed by atoms with Gasteiger partial charge in [0.15, 0.2) is 0 Å². The van der Waals surface area contributed by atoms with Crippen molar-refractivity contribution in [1.29, 1.82) is 0 Å². The van der Waals surface area contributed by atoms with Gasteiger partial charge in [0.1, 0.15) is 11.5 Å². The van der Waals surface area contributed by atoms with E-state index in [9.17, 15) is 0 Å². The predicted octanol–water partition coefficient (Wildman–Crippen LogP) is 4.73. The van der Waals surface area contributed by atoms with E-state index in [0.29, 0.717) is 16.5 Å². The van der Waals surface area contributed by atoms with Gasteiger partial charge >= 0.3 is 0 Å². The number of hydrogen-bond donors (Lipinski definition) is 0. The van der Waals surface area contributed by atoms with Gasteiger partial charge in [0, 0.05) is 16.0 Å². The SMILES string of the molecule is Cc1ccc(Oc2ccc(CBr)c(Cl)c2)cn1. The molecule has 1 aromatic carbocycles. The first-order valence-corrected chi connectivity index (χ1v) is 6.64. The van der Waals surface area contributed by atoms with Gasteiger partial charge < -0.3 is 4.74 Å². The van der Waals surface area contributed by atoms with E-state index in [1.54, 1.807) is 12.3 Å². The van der Waals surface area contributed by atoms with E-state index < -0.39 is 0 Å². The Morgan fingerprint density at radius 1 is 1.24 bits per heavy atom. The minimum Gasteiger partial charge on any atom is -0.456 e. The van der Waals surface area contributed by atoms with Crippen molar-refractivity contribution in [2.75, 3.05) is 0 Å². The lowest BCUT2D eigenvalue weighted by atomic mass is 10.2.